The highest BCUT2D eigenvalue weighted by Gasteiger charge is 2.31. The number of nitrogens with zero attached hydrogens (tertiary/aromatic N) is 3. The Kier molecular flexibility index (Phi) is 6.75. The fraction of sp³-hybridized carbons (Fsp3) is 0.353. The Hall–Kier alpha value is -0.780. The zero-order chi connectivity index (χ0) is 19.6. The van der Waals surface area contributed by atoms with Crippen molar-refractivity contribution >= 4 is 64.8 Å². The van der Waals surface area contributed by atoms with Crippen LogP contribution in [0.25, 0.3) is 0 Å². The normalized spacial score (nSPS) is 16.4. The van der Waals surface area contributed by atoms with Crippen molar-refractivity contribution in [3.8, 4) is 0 Å². The van der Waals surface area contributed by atoms with Crippen LogP contribution in [0.2, 0.25) is 0 Å². The van der Waals surface area contributed by atoms with Crippen LogP contribution in [0.5, 0.6) is 0 Å². The van der Waals surface area contributed by atoms with E-state index in [1.54, 1.807) is 18.0 Å². The van der Waals surface area contributed by atoms with E-state index in [-0.39, 0.29) is 12.5 Å². The Labute approximate surface area is 180 Å². The quantitative estimate of drug-likeness (QED) is 0.588. The average molecular weight is 537 g/mol. The number of piperazine rings is 1. The molecule has 10 heteroatoms. The second kappa shape index (κ2) is 8.71. The number of carbonyl (C=O) groups excluding carboxylic acids is 1. The van der Waals surface area contributed by atoms with Gasteiger partial charge >= 0.3 is 0 Å². The molecule has 6 nitrogen and oxygen atoms in total. The van der Waals surface area contributed by atoms with E-state index in [1.807, 2.05) is 35.2 Å². The SMILES string of the molecule is CN(C(=O)CN1CCN(S(=O)(=O)c2cc(Br)c(Br)s2)CC1)c1ccccc1. The van der Waals surface area contributed by atoms with Gasteiger partial charge in [-0.3, -0.25) is 9.69 Å². The number of likely N-dealkylation sites (N-methyl/N-ethyl adjacent to an activating group) is 1. The summed E-state index contributed by atoms with van der Waals surface area (Å²) in [5.74, 6) is -0.0105. The predicted molar refractivity (Wildman–Crippen MR) is 115 cm³/mol. The molecule has 1 amide bonds. The molecule has 0 atom stereocenters. The zero-order valence-corrected chi connectivity index (χ0v) is 19.4. The van der Waals surface area contributed by atoms with Crippen LogP contribution in [-0.2, 0) is 14.8 Å². The van der Waals surface area contributed by atoms with E-state index in [9.17, 15) is 13.2 Å². The van der Waals surface area contributed by atoms with Crippen molar-refractivity contribution in [2.45, 2.75) is 4.21 Å². The Morgan fingerprint density at radius 3 is 2.33 bits per heavy atom. The average Bonchev–Trinajstić information content (AvgIpc) is 3.02. The molecule has 2 heterocycles. The van der Waals surface area contributed by atoms with Gasteiger partial charge < -0.3 is 4.90 Å². The number of carbonyl (C=O) groups is 1. The van der Waals surface area contributed by atoms with Crippen LogP contribution < -0.4 is 4.90 Å². The predicted octanol–water partition coefficient (Wildman–Crippen LogP) is 3.24. The maximum atomic E-state index is 12.8. The van der Waals surface area contributed by atoms with E-state index in [4.69, 9.17) is 0 Å². The van der Waals surface area contributed by atoms with Gasteiger partial charge in [0.05, 0.1) is 10.3 Å². The van der Waals surface area contributed by atoms with Crippen LogP contribution in [0.1, 0.15) is 0 Å². The van der Waals surface area contributed by atoms with E-state index in [0.717, 1.165) is 13.9 Å². The lowest BCUT2D eigenvalue weighted by Gasteiger charge is -2.34. The van der Waals surface area contributed by atoms with Crippen LogP contribution in [0.15, 0.2) is 48.9 Å². The summed E-state index contributed by atoms with van der Waals surface area (Å²) in [5, 5.41) is 0. The van der Waals surface area contributed by atoms with E-state index in [2.05, 4.69) is 31.9 Å². The van der Waals surface area contributed by atoms with Gasteiger partial charge in [0, 0.05) is 43.4 Å². The summed E-state index contributed by atoms with van der Waals surface area (Å²) in [4.78, 5) is 16.1. The first-order chi connectivity index (χ1) is 12.8. The number of benzene rings is 1. The lowest BCUT2D eigenvalue weighted by molar-refractivity contribution is -0.119. The number of anilines is 1. The summed E-state index contributed by atoms with van der Waals surface area (Å²) in [7, 11) is -1.75. The number of sulfonamides is 1. The summed E-state index contributed by atoms with van der Waals surface area (Å²) >= 11 is 7.87. The van der Waals surface area contributed by atoms with Gasteiger partial charge in [0.25, 0.3) is 10.0 Å². The largest absolute Gasteiger partial charge is 0.314 e. The van der Waals surface area contributed by atoms with Gasteiger partial charge in [0.15, 0.2) is 0 Å². The second-order valence-corrected chi connectivity index (χ2v) is 11.5. The van der Waals surface area contributed by atoms with Crippen LogP contribution in [-0.4, -0.2) is 63.3 Å². The lowest BCUT2D eigenvalue weighted by Crippen LogP contribution is -2.51. The number of hydrogen-bond donors (Lipinski definition) is 0. The standard InChI is InChI=1S/C17H19Br2N3O3S2/c1-20(13-5-3-2-4-6-13)15(23)12-21-7-9-22(10-8-21)27(24,25)16-11-14(18)17(19)26-16/h2-6,11H,7-10,12H2,1H3. The number of rotatable bonds is 5. The highest BCUT2D eigenvalue weighted by Crippen LogP contribution is 2.36. The molecule has 146 valence electrons. The number of para-hydroxylation sites is 1. The number of hydrogen-bond acceptors (Lipinski definition) is 5. The van der Waals surface area contributed by atoms with Crippen LogP contribution in [0.4, 0.5) is 5.69 Å². The van der Waals surface area contributed by atoms with E-state index < -0.39 is 10.0 Å². The van der Waals surface area contributed by atoms with E-state index in [1.165, 1.54) is 15.6 Å². The summed E-state index contributed by atoms with van der Waals surface area (Å²) in [5.41, 5.74) is 0.845. The van der Waals surface area contributed by atoms with E-state index >= 15 is 0 Å². The van der Waals surface area contributed by atoms with Gasteiger partial charge in [-0.25, -0.2) is 8.42 Å². The molecule has 1 aromatic heterocycles. The molecule has 1 aliphatic heterocycles. The van der Waals surface area contributed by atoms with Crippen molar-refractivity contribution < 1.29 is 13.2 Å². The van der Waals surface area contributed by atoms with Crippen molar-refractivity contribution in [3.05, 3.63) is 44.7 Å². The molecule has 0 aliphatic carbocycles. The maximum absolute atomic E-state index is 12.8. The lowest BCUT2D eigenvalue weighted by atomic mass is 10.3. The highest BCUT2D eigenvalue weighted by molar-refractivity contribution is 9.13. The number of amides is 1. The molecule has 1 aromatic carbocycles. The molecule has 0 radical (unpaired) electrons. The van der Waals surface area contributed by atoms with Gasteiger partial charge in [-0.2, -0.15) is 4.31 Å². The van der Waals surface area contributed by atoms with Crippen molar-refractivity contribution in [2.75, 3.05) is 44.7 Å². The minimum Gasteiger partial charge on any atom is -0.314 e. The third-order valence-corrected chi connectivity index (χ3v) is 10.0. The molecular weight excluding hydrogens is 518 g/mol. The molecule has 1 fully saturated rings. The molecule has 0 bridgehead atoms. The first-order valence-electron chi connectivity index (χ1n) is 8.28. The first kappa shape index (κ1) is 20.9. The number of halogens is 2. The van der Waals surface area contributed by atoms with Gasteiger partial charge in [-0.15, -0.1) is 11.3 Å². The number of thiophene rings is 1. The maximum Gasteiger partial charge on any atom is 0.252 e. The summed E-state index contributed by atoms with van der Waals surface area (Å²) < 4.78 is 28.8. The fourth-order valence-corrected chi connectivity index (χ4v) is 7.20. The molecule has 1 aliphatic rings. The minimum absolute atomic E-state index is 0.0105. The van der Waals surface area contributed by atoms with Gasteiger partial charge in [0.1, 0.15) is 4.21 Å². The molecule has 0 unspecified atom stereocenters. The van der Waals surface area contributed by atoms with Crippen LogP contribution in [0, 0.1) is 0 Å². The topological polar surface area (TPSA) is 60.9 Å². The molecule has 0 saturated carbocycles. The van der Waals surface area contributed by atoms with Crippen LogP contribution in [0.3, 0.4) is 0 Å². The van der Waals surface area contributed by atoms with Crippen molar-refractivity contribution in [3.63, 3.8) is 0 Å². The van der Waals surface area contributed by atoms with Gasteiger partial charge in [-0.1, -0.05) is 18.2 Å². The third kappa shape index (κ3) is 4.80. The zero-order valence-electron chi connectivity index (χ0n) is 14.6. The van der Waals surface area contributed by atoms with Crippen molar-refractivity contribution in [2.24, 2.45) is 0 Å². The molecule has 27 heavy (non-hydrogen) atoms. The van der Waals surface area contributed by atoms with E-state index in [0.29, 0.717) is 30.4 Å². The molecular formula is C17H19Br2N3O3S2. The molecule has 0 spiro atoms. The summed E-state index contributed by atoms with van der Waals surface area (Å²) in [6, 6.07) is 11.1. The monoisotopic (exact) mass is 535 g/mol. The summed E-state index contributed by atoms with van der Waals surface area (Å²) in [6.07, 6.45) is 0. The van der Waals surface area contributed by atoms with Crippen LogP contribution >= 0.6 is 43.2 Å². The Bertz CT molecular complexity index is 891. The minimum atomic E-state index is -3.51. The first-order valence-corrected chi connectivity index (χ1v) is 12.1. The second-order valence-electron chi connectivity index (χ2n) is 6.16. The summed E-state index contributed by atoms with van der Waals surface area (Å²) in [6.45, 7) is 2.08. The molecule has 2 aromatic rings. The van der Waals surface area contributed by atoms with Crippen molar-refractivity contribution in [1.82, 2.24) is 9.21 Å². The van der Waals surface area contributed by atoms with Crippen molar-refractivity contribution in [1.29, 1.82) is 0 Å². The smallest absolute Gasteiger partial charge is 0.252 e. The Balaban J connectivity index is 1.58. The Morgan fingerprint density at radius 1 is 1.15 bits per heavy atom. The van der Waals surface area contributed by atoms with Gasteiger partial charge in [0.2, 0.25) is 5.91 Å². The molecule has 0 N–H and O–H groups in total. The Morgan fingerprint density at radius 2 is 1.78 bits per heavy atom. The fourth-order valence-electron chi connectivity index (χ4n) is 2.80. The van der Waals surface area contributed by atoms with Gasteiger partial charge in [-0.05, 0) is 50.1 Å². The molecule has 3 rings (SSSR count). The third-order valence-electron chi connectivity index (χ3n) is 4.42. The molecule has 1 saturated heterocycles. The highest BCUT2D eigenvalue weighted by atomic mass is 79.9.